The number of benzene rings is 2. The highest BCUT2D eigenvalue weighted by atomic mass is 32.1. The van der Waals surface area contributed by atoms with Crippen LogP contribution in [0.1, 0.15) is 0 Å². The van der Waals surface area contributed by atoms with Crippen LogP contribution < -0.4 is 19.9 Å². The van der Waals surface area contributed by atoms with Crippen molar-refractivity contribution in [3.8, 4) is 38.9 Å². The van der Waals surface area contributed by atoms with Gasteiger partial charge in [0.2, 0.25) is 11.7 Å². The minimum atomic E-state index is 0.202. The lowest BCUT2D eigenvalue weighted by molar-refractivity contribution is 0.324. The second-order valence-electron chi connectivity index (χ2n) is 6.05. The van der Waals surface area contributed by atoms with Gasteiger partial charge in [-0.15, -0.1) is 11.3 Å². The highest BCUT2D eigenvalue weighted by molar-refractivity contribution is 7.22. The number of rotatable bonds is 5. The van der Waals surface area contributed by atoms with E-state index in [2.05, 4.69) is 28.2 Å². The van der Waals surface area contributed by atoms with Gasteiger partial charge in [-0.25, -0.2) is 9.97 Å². The zero-order chi connectivity index (χ0) is 19.7. The fourth-order valence-electron chi connectivity index (χ4n) is 3.13. The van der Waals surface area contributed by atoms with E-state index >= 15 is 0 Å². The summed E-state index contributed by atoms with van der Waals surface area (Å²) in [6.45, 7) is 0. The fourth-order valence-corrected chi connectivity index (χ4v) is 4.20. The standard InChI is InChI=1S/C21H19N3O3S/c1-25-15-8-13(9-16(26-2)20(15)27-3)19-14(11-23-21(22)24-19)18-10-12-6-4-5-7-17(12)28-18/h4-11H,1-3H3,(H2,22,23,24). The highest BCUT2D eigenvalue weighted by Gasteiger charge is 2.19. The number of methoxy groups -OCH3 is 3. The van der Waals surface area contributed by atoms with E-state index < -0.39 is 0 Å². The van der Waals surface area contributed by atoms with E-state index in [0.29, 0.717) is 22.9 Å². The van der Waals surface area contributed by atoms with Gasteiger partial charge >= 0.3 is 0 Å². The molecule has 2 aromatic carbocycles. The molecule has 0 saturated heterocycles. The molecule has 4 rings (SSSR count). The summed E-state index contributed by atoms with van der Waals surface area (Å²) in [5, 5.41) is 1.18. The van der Waals surface area contributed by atoms with Crippen molar-refractivity contribution in [2.75, 3.05) is 27.1 Å². The van der Waals surface area contributed by atoms with E-state index in [0.717, 1.165) is 16.0 Å². The lowest BCUT2D eigenvalue weighted by Gasteiger charge is -2.15. The highest BCUT2D eigenvalue weighted by Crippen LogP contribution is 2.44. The van der Waals surface area contributed by atoms with Crippen LogP contribution in [0.5, 0.6) is 17.2 Å². The summed E-state index contributed by atoms with van der Waals surface area (Å²) in [7, 11) is 4.75. The first-order valence-corrected chi connectivity index (χ1v) is 9.38. The van der Waals surface area contributed by atoms with E-state index in [9.17, 15) is 0 Å². The molecule has 0 saturated carbocycles. The van der Waals surface area contributed by atoms with Gasteiger partial charge < -0.3 is 19.9 Å². The van der Waals surface area contributed by atoms with Crippen molar-refractivity contribution in [2.45, 2.75) is 0 Å². The number of aromatic nitrogens is 2. The molecule has 4 aromatic rings. The Labute approximate surface area is 166 Å². The van der Waals surface area contributed by atoms with Gasteiger partial charge in [-0.3, -0.25) is 0 Å². The third-order valence-corrected chi connectivity index (χ3v) is 5.59. The Balaban J connectivity index is 1.94. The Bertz CT molecular complexity index is 1100. The van der Waals surface area contributed by atoms with Crippen molar-refractivity contribution in [2.24, 2.45) is 0 Å². The van der Waals surface area contributed by atoms with Crippen molar-refractivity contribution in [1.29, 1.82) is 0 Å². The molecule has 0 aliphatic carbocycles. The van der Waals surface area contributed by atoms with E-state index in [1.54, 1.807) is 38.9 Å². The van der Waals surface area contributed by atoms with Crippen LogP contribution in [0, 0.1) is 0 Å². The van der Waals surface area contributed by atoms with Gasteiger partial charge in [-0.1, -0.05) is 18.2 Å². The molecule has 142 valence electrons. The molecule has 7 heteroatoms. The first-order valence-electron chi connectivity index (χ1n) is 8.56. The quantitative estimate of drug-likeness (QED) is 0.532. The summed E-state index contributed by atoms with van der Waals surface area (Å²) in [4.78, 5) is 9.79. The largest absolute Gasteiger partial charge is 0.493 e. The summed E-state index contributed by atoms with van der Waals surface area (Å²) in [6.07, 6.45) is 1.76. The average Bonchev–Trinajstić information content (AvgIpc) is 3.16. The van der Waals surface area contributed by atoms with Gasteiger partial charge in [0.25, 0.3) is 0 Å². The van der Waals surface area contributed by atoms with Gasteiger partial charge in [-0.2, -0.15) is 0 Å². The maximum absolute atomic E-state index is 5.91. The molecule has 2 aromatic heterocycles. The first-order chi connectivity index (χ1) is 13.6. The SMILES string of the molecule is COc1cc(-c2nc(N)ncc2-c2cc3ccccc3s2)cc(OC)c1OC. The molecule has 0 spiro atoms. The molecule has 0 unspecified atom stereocenters. The Morgan fingerprint density at radius 3 is 2.29 bits per heavy atom. The van der Waals surface area contributed by atoms with Crippen LogP contribution in [0.3, 0.4) is 0 Å². The first kappa shape index (κ1) is 18.1. The van der Waals surface area contributed by atoms with Crippen LogP contribution in [0.25, 0.3) is 31.8 Å². The van der Waals surface area contributed by atoms with E-state index in [1.165, 1.54) is 10.1 Å². The normalized spacial score (nSPS) is 10.8. The van der Waals surface area contributed by atoms with Gasteiger partial charge in [-0.05, 0) is 29.7 Å². The third-order valence-electron chi connectivity index (χ3n) is 4.44. The predicted octanol–water partition coefficient (Wildman–Crippen LogP) is 4.63. The molecule has 0 amide bonds. The molecule has 28 heavy (non-hydrogen) atoms. The Morgan fingerprint density at radius 2 is 1.64 bits per heavy atom. The Hall–Kier alpha value is -3.32. The molecule has 0 bridgehead atoms. The topological polar surface area (TPSA) is 79.5 Å². The summed E-state index contributed by atoms with van der Waals surface area (Å²) in [6, 6.07) is 14.1. The zero-order valence-corrected chi connectivity index (χ0v) is 16.5. The molecular weight excluding hydrogens is 374 g/mol. The number of hydrogen-bond donors (Lipinski definition) is 1. The molecule has 2 N–H and O–H groups in total. The predicted molar refractivity (Wildman–Crippen MR) is 112 cm³/mol. The van der Waals surface area contributed by atoms with E-state index in [4.69, 9.17) is 19.9 Å². The van der Waals surface area contributed by atoms with Crippen molar-refractivity contribution < 1.29 is 14.2 Å². The van der Waals surface area contributed by atoms with Crippen LogP contribution >= 0.6 is 11.3 Å². The van der Waals surface area contributed by atoms with Gasteiger partial charge in [0.1, 0.15) is 0 Å². The molecule has 6 nitrogen and oxygen atoms in total. The molecule has 0 atom stereocenters. The second kappa shape index (κ2) is 7.36. The summed E-state index contributed by atoms with van der Waals surface area (Å²) >= 11 is 1.68. The van der Waals surface area contributed by atoms with Crippen molar-refractivity contribution >= 4 is 27.4 Å². The number of hydrogen-bond acceptors (Lipinski definition) is 7. The Morgan fingerprint density at radius 1 is 0.929 bits per heavy atom. The second-order valence-corrected chi connectivity index (χ2v) is 7.14. The smallest absolute Gasteiger partial charge is 0.220 e. The third kappa shape index (κ3) is 3.10. The maximum Gasteiger partial charge on any atom is 0.220 e. The number of thiophene rings is 1. The van der Waals surface area contributed by atoms with E-state index in [-0.39, 0.29) is 5.95 Å². The monoisotopic (exact) mass is 393 g/mol. The summed E-state index contributed by atoms with van der Waals surface area (Å²) < 4.78 is 17.6. The molecular formula is C21H19N3O3S. The number of anilines is 1. The Kier molecular flexibility index (Phi) is 4.75. The van der Waals surface area contributed by atoms with Crippen LogP contribution in [0.15, 0.2) is 48.7 Å². The van der Waals surface area contributed by atoms with Gasteiger partial charge in [0.05, 0.1) is 27.0 Å². The summed E-state index contributed by atoms with van der Waals surface area (Å²) in [5.41, 5.74) is 8.31. The molecule has 0 radical (unpaired) electrons. The van der Waals surface area contributed by atoms with Crippen LogP contribution in [-0.2, 0) is 0 Å². The summed E-state index contributed by atoms with van der Waals surface area (Å²) in [5.74, 6) is 1.83. The van der Waals surface area contributed by atoms with Crippen LogP contribution in [0.2, 0.25) is 0 Å². The lowest BCUT2D eigenvalue weighted by Crippen LogP contribution is -2.00. The van der Waals surface area contributed by atoms with Crippen molar-refractivity contribution in [1.82, 2.24) is 9.97 Å². The zero-order valence-electron chi connectivity index (χ0n) is 15.7. The minimum absolute atomic E-state index is 0.202. The number of ether oxygens (including phenoxy) is 3. The average molecular weight is 393 g/mol. The fraction of sp³-hybridized carbons (Fsp3) is 0.143. The number of nitrogens with zero attached hydrogens (tertiary/aromatic N) is 2. The minimum Gasteiger partial charge on any atom is -0.493 e. The molecule has 0 aliphatic heterocycles. The number of nitrogen functional groups attached to an aromatic ring is 1. The van der Waals surface area contributed by atoms with Crippen molar-refractivity contribution in [3.63, 3.8) is 0 Å². The maximum atomic E-state index is 5.91. The number of fused-ring (bicyclic) bond motifs is 1. The van der Waals surface area contributed by atoms with Crippen molar-refractivity contribution in [3.05, 3.63) is 48.7 Å². The molecule has 0 aliphatic rings. The molecule has 0 fully saturated rings. The van der Waals surface area contributed by atoms with Crippen LogP contribution in [0.4, 0.5) is 5.95 Å². The molecule has 2 heterocycles. The van der Waals surface area contributed by atoms with E-state index in [1.807, 2.05) is 24.3 Å². The number of nitrogens with two attached hydrogens (primary N) is 1. The van der Waals surface area contributed by atoms with Crippen LogP contribution in [-0.4, -0.2) is 31.3 Å². The van der Waals surface area contributed by atoms with Gasteiger partial charge in [0, 0.05) is 26.9 Å². The lowest BCUT2D eigenvalue weighted by atomic mass is 10.0. The van der Waals surface area contributed by atoms with Gasteiger partial charge in [0.15, 0.2) is 11.5 Å².